The predicted molar refractivity (Wildman–Crippen MR) is 287 cm³/mol. The maximum absolute atomic E-state index is 14.9. The van der Waals surface area contributed by atoms with Crippen LogP contribution >= 0.6 is 0 Å². The first-order chi connectivity index (χ1) is 34.0. The fourth-order valence-corrected chi connectivity index (χ4v) is 16.2. The number of esters is 3. The molecule has 0 aromatic heterocycles. The first-order valence-corrected chi connectivity index (χ1v) is 28.5. The molecule has 0 amide bonds. The fourth-order valence-electron chi connectivity index (χ4n) is 16.2. The van der Waals surface area contributed by atoms with Crippen molar-refractivity contribution in [2.75, 3.05) is 26.4 Å². The van der Waals surface area contributed by atoms with Crippen molar-refractivity contribution >= 4 is 17.9 Å². The molecule has 3 aromatic rings. The molecule has 0 aliphatic heterocycles. The van der Waals surface area contributed by atoms with Gasteiger partial charge >= 0.3 is 17.9 Å². The summed E-state index contributed by atoms with van der Waals surface area (Å²) in [6.07, 6.45) is 12.4. The lowest BCUT2D eigenvalue weighted by atomic mass is 9.49. The zero-order chi connectivity index (χ0) is 51.8. The van der Waals surface area contributed by atoms with Crippen LogP contribution in [0.2, 0.25) is 0 Å². The van der Waals surface area contributed by atoms with Gasteiger partial charge in [-0.25, -0.2) is 0 Å². The van der Waals surface area contributed by atoms with Crippen LogP contribution in [0.25, 0.3) is 0 Å². The summed E-state index contributed by atoms with van der Waals surface area (Å²) in [5.74, 6) is 1.04. The number of aliphatic hydroxyl groups is 1. The number of aryl methyl sites for hydroxylation is 3. The minimum Gasteiger partial charge on any atom is -0.464 e. The van der Waals surface area contributed by atoms with Gasteiger partial charge in [0.05, 0.1) is 28.8 Å². The summed E-state index contributed by atoms with van der Waals surface area (Å²) >= 11 is 0. The van der Waals surface area contributed by atoms with Crippen molar-refractivity contribution in [3.8, 4) is 0 Å². The summed E-state index contributed by atoms with van der Waals surface area (Å²) < 4.78 is 19.2. The Morgan fingerprint density at radius 1 is 0.597 bits per heavy atom. The summed E-state index contributed by atoms with van der Waals surface area (Å²) in [5.41, 5.74) is 9.57. The molecule has 7 nitrogen and oxygen atoms in total. The minimum atomic E-state index is -1.34. The smallest absolute Gasteiger partial charge is 0.312 e. The lowest BCUT2D eigenvalue weighted by molar-refractivity contribution is -0.182. The Hall–Kier alpha value is -3.97. The second-order valence-corrected chi connectivity index (χ2v) is 26.9. The highest BCUT2D eigenvalue weighted by atomic mass is 16.6. The third-order valence-corrected chi connectivity index (χ3v) is 21.3. The molecule has 6 aliphatic rings. The van der Waals surface area contributed by atoms with E-state index in [1.54, 1.807) is 0 Å². The maximum Gasteiger partial charge on any atom is 0.312 e. The first-order valence-electron chi connectivity index (χ1n) is 28.5. The summed E-state index contributed by atoms with van der Waals surface area (Å²) in [7, 11) is 0. The van der Waals surface area contributed by atoms with Crippen molar-refractivity contribution < 1.29 is 33.7 Å². The lowest BCUT2D eigenvalue weighted by Gasteiger charge is -2.54. The van der Waals surface area contributed by atoms with Crippen LogP contribution < -0.4 is 0 Å². The Morgan fingerprint density at radius 2 is 1.11 bits per heavy atom. The molecule has 1 N–H and O–H groups in total. The number of hydrogen-bond acceptors (Lipinski definition) is 7. The first kappa shape index (κ1) is 52.9. The fraction of sp³-hybridized carbons (Fsp3) is 0.677. The maximum atomic E-state index is 14.9. The minimum absolute atomic E-state index is 0.0190. The molecule has 392 valence electrons. The molecule has 3 fully saturated rings. The highest BCUT2D eigenvalue weighted by Gasteiger charge is 2.57. The number of benzene rings is 3. The molecule has 0 saturated heterocycles. The van der Waals surface area contributed by atoms with E-state index >= 15 is 0 Å². The summed E-state index contributed by atoms with van der Waals surface area (Å²) in [5, 5.41) is 11.5. The van der Waals surface area contributed by atoms with Crippen molar-refractivity contribution in [2.24, 2.45) is 45.8 Å². The standard InChI is InChI=1S/C65H90O7/c1-40(2)44-15-22-53-47(32-44)14-20-50-35-60(8,30-31-61(50,53)9)58(68)71-38-65(36-66,37-70-57(67)51-26-29-62(10)52(43(51)7)21-18-48-33-45(41(3)4)16-23-54(48)62)39-72-59(69)64(12)28-13-27-63(11)55-24-17-46(42(5)6)34-49(55)19-25-56(63)64/h15-17,22-24,32-34,40-43,50-52,56,66H,13-14,18-21,25-31,35-39H2,1-12H3. The van der Waals surface area contributed by atoms with E-state index in [1.807, 2.05) is 6.92 Å². The van der Waals surface area contributed by atoms with Gasteiger partial charge in [0.25, 0.3) is 0 Å². The van der Waals surface area contributed by atoms with Gasteiger partial charge in [-0.1, -0.05) is 130 Å². The second kappa shape index (κ2) is 19.6. The van der Waals surface area contributed by atoms with Crippen molar-refractivity contribution in [1.82, 2.24) is 0 Å². The molecule has 11 atom stereocenters. The van der Waals surface area contributed by atoms with E-state index in [1.165, 1.54) is 50.1 Å². The molecule has 0 radical (unpaired) electrons. The zero-order valence-electron chi connectivity index (χ0n) is 46.4. The number of carbonyl (C=O) groups excluding carboxylic acids is 3. The van der Waals surface area contributed by atoms with Crippen LogP contribution in [0.15, 0.2) is 54.6 Å². The SMILES string of the molecule is CC(C)c1ccc2c(c1)CCC1CC(C)(C(=O)OCC(CO)(COC(=O)C3CCC4(C)c5ccc(C(C)C)cc5CCC4C3C)COC(=O)C3(C)CCCC4(C)c5ccc(C(C)C)cc5CCC34)CCC21C. The molecule has 9 rings (SSSR count). The zero-order valence-corrected chi connectivity index (χ0v) is 46.4. The van der Waals surface area contributed by atoms with Crippen LogP contribution in [-0.4, -0.2) is 49.4 Å². The van der Waals surface area contributed by atoms with Gasteiger partial charge in [0.2, 0.25) is 0 Å². The molecule has 72 heavy (non-hydrogen) atoms. The van der Waals surface area contributed by atoms with E-state index in [0.29, 0.717) is 55.3 Å². The van der Waals surface area contributed by atoms with Gasteiger partial charge in [-0.2, -0.15) is 0 Å². The van der Waals surface area contributed by atoms with Crippen LogP contribution in [0.4, 0.5) is 0 Å². The Balaban J connectivity index is 0.930. The van der Waals surface area contributed by atoms with Gasteiger partial charge in [0.1, 0.15) is 19.8 Å². The number of aliphatic hydroxyl groups excluding tert-OH is 1. The molecule has 0 spiro atoms. The van der Waals surface area contributed by atoms with E-state index in [0.717, 1.165) is 64.2 Å². The van der Waals surface area contributed by atoms with Crippen molar-refractivity contribution in [1.29, 1.82) is 0 Å². The van der Waals surface area contributed by atoms with Gasteiger partial charge in [-0.15, -0.1) is 0 Å². The van der Waals surface area contributed by atoms with E-state index in [2.05, 4.69) is 131 Å². The molecule has 3 aromatic carbocycles. The second-order valence-electron chi connectivity index (χ2n) is 26.9. The average Bonchev–Trinajstić information content (AvgIpc) is 3.35. The third-order valence-electron chi connectivity index (χ3n) is 21.3. The van der Waals surface area contributed by atoms with Gasteiger partial charge in [-0.3, -0.25) is 14.4 Å². The van der Waals surface area contributed by atoms with Crippen LogP contribution in [0.5, 0.6) is 0 Å². The molecule has 6 aliphatic carbocycles. The third kappa shape index (κ3) is 9.11. The molecule has 3 saturated carbocycles. The van der Waals surface area contributed by atoms with Crippen LogP contribution in [0, 0.1) is 45.8 Å². The number of rotatable bonds is 13. The lowest BCUT2D eigenvalue weighted by Crippen LogP contribution is -2.54. The van der Waals surface area contributed by atoms with Crippen LogP contribution in [0.3, 0.4) is 0 Å². The summed E-state index contributed by atoms with van der Waals surface area (Å²) in [4.78, 5) is 44.0. The largest absolute Gasteiger partial charge is 0.464 e. The molecule has 7 heteroatoms. The summed E-state index contributed by atoms with van der Waals surface area (Å²) in [6, 6.07) is 21.1. The number of fused-ring (bicyclic) bond motifs is 9. The van der Waals surface area contributed by atoms with E-state index in [4.69, 9.17) is 14.2 Å². The molecular weight excluding hydrogens is 893 g/mol. The quantitative estimate of drug-likeness (QED) is 0.135. The summed E-state index contributed by atoms with van der Waals surface area (Å²) in [6.45, 7) is 25.8. The van der Waals surface area contributed by atoms with Crippen molar-refractivity contribution in [3.05, 3.63) is 105 Å². The monoisotopic (exact) mass is 983 g/mol. The predicted octanol–water partition coefficient (Wildman–Crippen LogP) is 14.0. The van der Waals surface area contributed by atoms with E-state index in [9.17, 15) is 19.5 Å². The molecular formula is C65H90O7. The Bertz CT molecular complexity index is 2540. The Morgan fingerprint density at radius 3 is 1.68 bits per heavy atom. The van der Waals surface area contributed by atoms with Gasteiger partial charge < -0.3 is 19.3 Å². The Kier molecular flexibility index (Phi) is 14.4. The Labute approximate surface area is 433 Å². The van der Waals surface area contributed by atoms with Gasteiger partial charge in [-0.05, 0) is 205 Å². The van der Waals surface area contributed by atoms with E-state index in [-0.39, 0.29) is 71.7 Å². The van der Waals surface area contributed by atoms with Crippen LogP contribution in [-0.2, 0) is 64.1 Å². The number of hydrogen-bond donors (Lipinski definition) is 1. The highest BCUT2D eigenvalue weighted by molar-refractivity contribution is 5.78. The molecule has 0 heterocycles. The number of carbonyl (C=O) groups is 3. The average molecular weight is 983 g/mol. The molecule has 11 unspecified atom stereocenters. The number of ether oxygens (including phenoxy) is 3. The van der Waals surface area contributed by atoms with Gasteiger partial charge in [0.15, 0.2) is 0 Å². The normalized spacial score (nSPS) is 33.6. The highest BCUT2D eigenvalue weighted by Crippen LogP contribution is 2.59. The topological polar surface area (TPSA) is 99.1 Å². The van der Waals surface area contributed by atoms with Crippen molar-refractivity contribution in [3.63, 3.8) is 0 Å². The molecule has 0 bridgehead atoms. The van der Waals surface area contributed by atoms with Crippen molar-refractivity contribution in [2.45, 2.75) is 207 Å². The van der Waals surface area contributed by atoms with Gasteiger partial charge in [0, 0.05) is 0 Å². The van der Waals surface area contributed by atoms with E-state index < -0.39 is 22.9 Å². The van der Waals surface area contributed by atoms with Crippen LogP contribution in [0.1, 0.15) is 222 Å².